The van der Waals surface area contributed by atoms with Crippen molar-refractivity contribution in [1.82, 2.24) is 9.55 Å². The van der Waals surface area contributed by atoms with Gasteiger partial charge in [-0.1, -0.05) is 0 Å². The molecule has 1 aliphatic heterocycles. The summed E-state index contributed by atoms with van der Waals surface area (Å²) in [7, 11) is 3.12. The Hall–Kier alpha value is -2.68. The molecule has 0 aliphatic carbocycles. The SMILES string of the molecule is COc1cc(N2CCCC(C(O)c3nccn3C)C2)c([N+](=O)[O-])cc1F. The van der Waals surface area contributed by atoms with E-state index in [2.05, 4.69) is 4.98 Å². The van der Waals surface area contributed by atoms with Crippen LogP contribution >= 0.6 is 0 Å². The summed E-state index contributed by atoms with van der Waals surface area (Å²) in [4.78, 5) is 16.8. The second kappa shape index (κ2) is 7.28. The molecule has 1 aromatic heterocycles. The number of benzene rings is 1. The van der Waals surface area contributed by atoms with Gasteiger partial charge >= 0.3 is 0 Å². The average molecular weight is 364 g/mol. The van der Waals surface area contributed by atoms with Gasteiger partial charge in [-0.2, -0.15) is 0 Å². The van der Waals surface area contributed by atoms with Crippen molar-refractivity contribution in [2.45, 2.75) is 18.9 Å². The summed E-state index contributed by atoms with van der Waals surface area (Å²) in [5.74, 6) is -0.398. The number of aliphatic hydroxyl groups excluding tert-OH is 1. The third-order valence-corrected chi connectivity index (χ3v) is 4.81. The molecule has 1 fully saturated rings. The summed E-state index contributed by atoms with van der Waals surface area (Å²) < 4.78 is 20.6. The number of aliphatic hydroxyl groups is 1. The standard InChI is InChI=1S/C17H21FN4O4/c1-20-7-5-19-17(20)16(23)11-4-3-6-21(10-11)13-9-15(26-2)12(18)8-14(13)22(24)25/h5,7-9,11,16,23H,3-4,6,10H2,1-2H3. The Morgan fingerprint density at radius 3 is 2.88 bits per heavy atom. The van der Waals surface area contributed by atoms with Gasteiger partial charge in [-0.3, -0.25) is 10.1 Å². The molecule has 2 heterocycles. The number of hydrogen-bond acceptors (Lipinski definition) is 6. The number of halogens is 1. The Bertz CT molecular complexity index is 810. The van der Waals surface area contributed by atoms with Crippen molar-refractivity contribution in [1.29, 1.82) is 0 Å². The average Bonchev–Trinajstić information content (AvgIpc) is 3.06. The lowest BCUT2D eigenvalue weighted by atomic mass is 9.91. The molecule has 2 unspecified atom stereocenters. The molecule has 26 heavy (non-hydrogen) atoms. The van der Waals surface area contributed by atoms with Gasteiger partial charge in [0, 0.05) is 44.5 Å². The number of piperidine rings is 1. The second-order valence-corrected chi connectivity index (χ2v) is 6.42. The molecular formula is C17H21FN4O4. The van der Waals surface area contributed by atoms with Gasteiger partial charge in [-0.05, 0) is 12.8 Å². The van der Waals surface area contributed by atoms with Crippen molar-refractivity contribution < 1.29 is 19.2 Å². The van der Waals surface area contributed by atoms with Crippen LogP contribution in [0.1, 0.15) is 24.8 Å². The van der Waals surface area contributed by atoms with Crippen molar-refractivity contribution in [3.63, 3.8) is 0 Å². The lowest BCUT2D eigenvalue weighted by Crippen LogP contribution is -2.38. The number of imidazole rings is 1. The number of aromatic nitrogens is 2. The molecule has 140 valence electrons. The number of nitrogens with zero attached hydrogens (tertiary/aromatic N) is 4. The lowest BCUT2D eigenvalue weighted by Gasteiger charge is -2.36. The fourth-order valence-electron chi connectivity index (χ4n) is 3.45. The molecule has 2 atom stereocenters. The highest BCUT2D eigenvalue weighted by Gasteiger charge is 2.32. The second-order valence-electron chi connectivity index (χ2n) is 6.42. The predicted molar refractivity (Wildman–Crippen MR) is 92.7 cm³/mol. The normalized spacial score (nSPS) is 18.6. The summed E-state index contributed by atoms with van der Waals surface area (Å²) in [5, 5.41) is 22.0. The topological polar surface area (TPSA) is 93.7 Å². The lowest BCUT2D eigenvalue weighted by molar-refractivity contribution is -0.384. The highest BCUT2D eigenvalue weighted by atomic mass is 19.1. The number of aryl methyl sites for hydroxylation is 1. The van der Waals surface area contributed by atoms with Crippen LogP contribution in [-0.2, 0) is 7.05 Å². The molecule has 0 bridgehead atoms. The molecule has 0 saturated carbocycles. The fourth-order valence-corrected chi connectivity index (χ4v) is 3.45. The number of hydrogen-bond donors (Lipinski definition) is 1. The van der Waals surface area contributed by atoms with Crippen molar-refractivity contribution in [2.75, 3.05) is 25.1 Å². The molecule has 2 aromatic rings. The third-order valence-electron chi connectivity index (χ3n) is 4.81. The molecule has 8 nitrogen and oxygen atoms in total. The van der Waals surface area contributed by atoms with E-state index in [1.807, 2.05) is 7.05 Å². The molecule has 9 heteroatoms. The Labute approximate surface area is 150 Å². The summed E-state index contributed by atoms with van der Waals surface area (Å²) >= 11 is 0. The zero-order chi connectivity index (χ0) is 18.8. The summed E-state index contributed by atoms with van der Waals surface area (Å²) in [6.07, 6.45) is 4.13. The first kappa shape index (κ1) is 18.1. The maximum Gasteiger partial charge on any atom is 0.295 e. The Balaban J connectivity index is 1.90. The quantitative estimate of drug-likeness (QED) is 0.647. The van der Waals surface area contributed by atoms with E-state index < -0.39 is 16.8 Å². The molecule has 0 amide bonds. The van der Waals surface area contributed by atoms with Crippen molar-refractivity contribution in [3.8, 4) is 5.75 Å². The van der Waals surface area contributed by atoms with Gasteiger partial charge in [0.2, 0.25) is 0 Å². The van der Waals surface area contributed by atoms with Crippen LogP contribution in [0, 0.1) is 21.8 Å². The van der Waals surface area contributed by atoms with E-state index in [0.717, 1.165) is 18.9 Å². The number of anilines is 1. The zero-order valence-corrected chi connectivity index (χ0v) is 14.6. The van der Waals surface area contributed by atoms with E-state index >= 15 is 0 Å². The zero-order valence-electron chi connectivity index (χ0n) is 14.6. The van der Waals surface area contributed by atoms with Crippen molar-refractivity contribution >= 4 is 11.4 Å². The Morgan fingerprint density at radius 2 is 2.27 bits per heavy atom. The molecular weight excluding hydrogens is 343 g/mol. The van der Waals surface area contributed by atoms with E-state index in [9.17, 15) is 19.6 Å². The molecule has 1 saturated heterocycles. The number of nitro groups is 1. The van der Waals surface area contributed by atoms with E-state index in [-0.39, 0.29) is 17.4 Å². The maximum absolute atomic E-state index is 13.9. The first-order valence-corrected chi connectivity index (χ1v) is 8.34. The summed E-state index contributed by atoms with van der Waals surface area (Å²) in [6.45, 7) is 0.989. The van der Waals surface area contributed by atoms with Gasteiger partial charge in [0.1, 0.15) is 17.6 Å². The van der Waals surface area contributed by atoms with Gasteiger partial charge in [0.05, 0.1) is 18.1 Å². The number of nitro benzene ring substituents is 1. The molecule has 1 aliphatic rings. The Morgan fingerprint density at radius 1 is 1.50 bits per heavy atom. The van der Waals surface area contributed by atoms with Crippen LogP contribution in [0.2, 0.25) is 0 Å². The smallest absolute Gasteiger partial charge is 0.295 e. The minimum absolute atomic E-state index is 0.0441. The van der Waals surface area contributed by atoms with Crippen LogP contribution in [-0.4, -0.2) is 39.8 Å². The minimum atomic E-state index is -0.779. The van der Waals surface area contributed by atoms with Gasteiger partial charge in [-0.25, -0.2) is 9.37 Å². The molecule has 0 spiro atoms. The van der Waals surface area contributed by atoms with Crippen molar-refractivity contribution in [2.24, 2.45) is 13.0 Å². The van der Waals surface area contributed by atoms with Gasteiger partial charge in [0.25, 0.3) is 5.69 Å². The fraction of sp³-hybridized carbons (Fsp3) is 0.471. The first-order chi connectivity index (χ1) is 12.4. The van der Waals surface area contributed by atoms with Gasteiger partial charge < -0.3 is 19.3 Å². The maximum atomic E-state index is 13.9. The van der Waals surface area contributed by atoms with E-state index in [4.69, 9.17) is 4.74 Å². The largest absolute Gasteiger partial charge is 0.494 e. The minimum Gasteiger partial charge on any atom is -0.494 e. The highest BCUT2D eigenvalue weighted by molar-refractivity contribution is 5.66. The van der Waals surface area contributed by atoms with E-state index in [1.54, 1.807) is 21.9 Å². The van der Waals surface area contributed by atoms with Crippen LogP contribution in [0.3, 0.4) is 0 Å². The Kier molecular flexibility index (Phi) is 5.08. The first-order valence-electron chi connectivity index (χ1n) is 8.34. The summed E-state index contributed by atoms with van der Waals surface area (Å²) in [5.41, 5.74) is -0.0135. The molecule has 3 rings (SSSR count). The van der Waals surface area contributed by atoms with Crippen LogP contribution < -0.4 is 9.64 Å². The van der Waals surface area contributed by atoms with Crippen LogP contribution in [0.15, 0.2) is 24.5 Å². The van der Waals surface area contributed by atoms with Gasteiger partial charge in [0.15, 0.2) is 11.6 Å². The predicted octanol–water partition coefficient (Wildman–Crippen LogP) is 2.43. The molecule has 1 aromatic carbocycles. The molecule has 0 radical (unpaired) electrons. The van der Waals surface area contributed by atoms with Crippen LogP contribution in [0.4, 0.5) is 15.8 Å². The molecule has 1 N–H and O–H groups in total. The summed E-state index contributed by atoms with van der Waals surface area (Å²) in [6, 6.07) is 2.23. The monoisotopic (exact) mass is 364 g/mol. The number of rotatable bonds is 5. The number of methoxy groups -OCH3 is 1. The van der Waals surface area contributed by atoms with Gasteiger partial charge in [-0.15, -0.1) is 0 Å². The van der Waals surface area contributed by atoms with E-state index in [0.29, 0.717) is 24.6 Å². The third kappa shape index (κ3) is 3.34. The van der Waals surface area contributed by atoms with Crippen molar-refractivity contribution in [3.05, 3.63) is 46.3 Å². The van der Waals surface area contributed by atoms with Crippen LogP contribution in [0.25, 0.3) is 0 Å². The highest BCUT2D eigenvalue weighted by Crippen LogP contribution is 2.38. The van der Waals surface area contributed by atoms with E-state index in [1.165, 1.54) is 13.2 Å². The number of ether oxygens (including phenoxy) is 1. The van der Waals surface area contributed by atoms with Crippen LogP contribution in [0.5, 0.6) is 5.75 Å².